The van der Waals surface area contributed by atoms with Crippen molar-refractivity contribution in [2.45, 2.75) is 40.0 Å². The van der Waals surface area contributed by atoms with E-state index in [0.29, 0.717) is 12.4 Å². The molecule has 4 aromatic rings. The molecule has 1 aromatic carbocycles. The average molecular weight is 470 g/mol. The van der Waals surface area contributed by atoms with Gasteiger partial charge in [-0.2, -0.15) is 0 Å². The van der Waals surface area contributed by atoms with Crippen molar-refractivity contribution < 1.29 is 14.3 Å². The van der Waals surface area contributed by atoms with Gasteiger partial charge in [-0.1, -0.05) is 6.92 Å². The lowest BCUT2D eigenvalue weighted by molar-refractivity contribution is -0.136. The number of benzene rings is 1. The van der Waals surface area contributed by atoms with Crippen molar-refractivity contribution in [3.8, 4) is 10.6 Å². The SMILES string of the molecule is CCc1cc(-c2cc(NCCc3c(C)sc4c(C)cc(F)cc34)ncn2)sc1CC(=O)O. The van der Waals surface area contributed by atoms with Gasteiger partial charge >= 0.3 is 5.97 Å². The van der Waals surface area contributed by atoms with Gasteiger partial charge in [-0.3, -0.25) is 4.79 Å². The minimum Gasteiger partial charge on any atom is -0.481 e. The van der Waals surface area contributed by atoms with Gasteiger partial charge in [0.25, 0.3) is 0 Å². The minimum atomic E-state index is -0.829. The van der Waals surface area contributed by atoms with E-state index in [1.54, 1.807) is 23.5 Å². The molecular weight excluding hydrogens is 445 g/mol. The summed E-state index contributed by atoms with van der Waals surface area (Å²) in [5.41, 5.74) is 3.95. The van der Waals surface area contributed by atoms with Gasteiger partial charge in [-0.05, 0) is 67.0 Å². The molecule has 0 aliphatic carbocycles. The molecule has 0 fully saturated rings. The lowest BCUT2D eigenvalue weighted by Gasteiger charge is -2.07. The van der Waals surface area contributed by atoms with Crippen molar-refractivity contribution in [2.75, 3.05) is 11.9 Å². The molecule has 0 saturated carbocycles. The van der Waals surface area contributed by atoms with Gasteiger partial charge in [0.2, 0.25) is 0 Å². The maximum Gasteiger partial charge on any atom is 0.308 e. The number of carboxylic acid groups (broad SMARTS) is 1. The molecule has 0 radical (unpaired) electrons. The Morgan fingerprint density at radius 3 is 2.72 bits per heavy atom. The van der Waals surface area contributed by atoms with Crippen molar-refractivity contribution in [1.82, 2.24) is 9.97 Å². The summed E-state index contributed by atoms with van der Waals surface area (Å²) in [6.45, 7) is 6.71. The Hall–Kier alpha value is -2.84. The van der Waals surface area contributed by atoms with Gasteiger partial charge in [-0.15, -0.1) is 22.7 Å². The number of thiophene rings is 2. The van der Waals surface area contributed by atoms with Crippen LogP contribution in [0.4, 0.5) is 10.2 Å². The second-order valence-corrected chi connectivity index (χ2v) is 10.0. The molecule has 0 saturated heterocycles. The number of carbonyl (C=O) groups is 1. The molecule has 32 heavy (non-hydrogen) atoms. The number of carboxylic acids is 1. The monoisotopic (exact) mass is 469 g/mol. The Morgan fingerprint density at radius 2 is 1.97 bits per heavy atom. The van der Waals surface area contributed by atoms with E-state index < -0.39 is 5.97 Å². The average Bonchev–Trinajstić information content (AvgIpc) is 3.29. The molecule has 8 heteroatoms. The van der Waals surface area contributed by atoms with E-state index in [4.69, 9.17) is 5.11 Å². The predicted octanol–water partition coefficient (Wildman–Crippen LogP) is 6.02. The zero-order valence-electron chi connectivity index (χ0n) is 18.2. The highest BCUT2D eigenvalue weighted by Gasteiger charge is 2.15. The molecule has 0 aliphatic heterocycles. The Labute approximate surface area is 194 Å². The Kier molecular flexibility index (Phi) is 6.53. The maximum atomic E-state index is 13.9. The number of hydrogen-bond donors (Lipinski definition) is 2. The number of hydrogen-bond acceptors (Lipinski definition) is 6. The molecule has 4 rings (SSSR count). The van der Waals surface area contributed by atoms with Gasteiger partial charge in [0, 0.05) is 27.1 Å². The summed E-state index contributed by atoms with van der Waals surface area (Å²) in [5.74, 6) is -0.322. The highest BCUT2D eigenvalue weighted by Crippen LogP contribution is 2.35. The molecule has 0 unspecified atom stereocenters. The molecule has 5 nitrogen and oxygen atoms in total. The molecule has 166 valence electrons. The zero-order chi connectivity index (χ0) is 22.8. The first kappa shape index (κ1) is 22.4. The summed E-state index contributed by atoms with van der Waals surface area (Å²) in [6.07, 6.45) is 3.08. The smallest absolute Gasteiger partial charge is 0.308 e. The lowest BCUT2D eigenvalue weighted by atomic mass is 10.1. The molecular formula is C24H24FN3O2S2. The number of nitrogens with one attached hydrogen (secondary N) is 1. The number of aryl methyl sites for hydroxylation is 3. The number of anilines is 1. The van der Waals surface area contributed by atoms with Crippen LogP contribution in [0.1, 0.15) is 33.4 Å². The highest BCUT2D eigenvalue weighted by atomic mass is 32.1. The van der Waals surface area contributed by atoms with Crippen LogP contribution in [0.25, 0.3) is 20.7 Å². The van der Waals surface area contributed by atoms with Gasteiger partial charge in [0.15, 0.2) is 0 Å². The van der Waals surface area contributed by atoms with Gasteiger partial charge < -0.3 is 10.4 Å². The fourth-order valence-electron chi connectivity index (χ4n) is 3.89. The van der Waals surface area contributed by atoms with Crippen LogP contribution >= 0.6 is 22.7 Å². The van der Waals surface area contributed by atoms with E-state index in [1.807, 2.05) is 26.0 Å². The number of halogens is 1. The molecule has 0 aliphatic rings. The number of fused-ring (bicyclic) bond motifs is 1. The van der Waals surface area contributed by atoms with E-state index in [2.05, 4.69) is 22.2 Å². The molecule has 0 atom stereocenters. The van der Waals surface area contributed by atoms with Gasteiger partial charge in [-0.25, -0.2) is 14.4 Å². The second kappa shape index (κ2) is 9.34. The van der Waals surface area contributed by atoms with E-state index in [-0.39, 0.29) is 12.2 Å². The standard InChI is InChI=1S/C24H24FN3O2S2/c1-4-15-8-21(32-20(15)11-23(29)30)19-10-22(28-12-27-19)26-6-5-17-14(3)31-24-13(2)7-16(25)9-18(17)24/h7-10,12H,4-6,11H2,1-3H3,(H,29,30)(H,26,27,28). The molecule has 3 aromatic heterocycles. The van der Waals surface area contributed by atoms with Crippen molar-refractivity contribution in [3.05, 3.63) is 62.9 Å². The molecule has 2 N–H and O–H groups in total. The van der Waals surface area contributed by atoms with Gasteiger partial charge in [0.05, 0.1) is 17.0 Å². The quantitative estimate of drug-likeness (QED) is 0.330. The summed E-state index contributed by atoms with van der Waals surface area (Å²) >= 11 is 3.18. The Bertz CT molecular complexity index is 1300. The second-order valence-electron chi connectivity index (χ2n) is 7.68. The van der Waals surface area contributed by atoms with Crippen LogP contribution in [-0.2, 0) is 24.1 Å². The van der Waals surface area contributed by atoms with E-state index in [9.17, 15) is 9.18 Å². The minimum absolute atomic E-state index is 0.0258. The summed E-state index contributed by atoms with van der Waals surface area (Å²) in [4.78, 5) is 22.9. The van der Waals surface area contributed by atoms with Crippen LogP contribution in [-0.4, -0.2) is 27.6 Å². The third-order valence-electron chi connectivity index (χ3n) is 5.43. The largest absolute Gasteiger partial charge is 0.481 e. The summed E-state index contributed by atoms with van der Waals surface area (Å²) in [5, 5.41) is 13.5. The third-order valence-corrected chi connectivity index (χ3v) is 7.93. The Morgan fingerprint density at radius 1 is 1.16 bits per heavy atom. The summed E-state index contributed by atoms with van der Waals surface area (Å²) in [6, 6.07) is 7.12. The zero-order valence-corrected chi connectivity index (χ0v) is 19.8. The van der Waals surface area contributed by atoms with Gasteiger partial charge in [0.1, 0.15) is 18.0 Å². The van der Waals surface area contributed by atoms with Crippen LogP contribution < -0.4 is 5.32 Å². The third kappa shape index (κ3) is 4.66. The molecule has 3 heterocycles. The van der Waals surface area contributed by atoms with E-state index >= 15 is 0 Å². The van der Waals surface area contributed by atoms with E-state index in [0.717, 1.165) is 49.5 Å². The van der Waals surface area contributed by atoms with Crippen molar-refractivity contribution in [1.29, 1.82) is 0 Å². The first-order chi connectivity index (χ1) is 15.4. The summed E-state index contributed by atoms with van der Waals surface area (Å²) < 4.78 is 15.1. The van der Waals surface area contributed by atoms with Crippen LogP contribution in [0.5, 0.6) is 0 Å². The van der Waals surface area contributed by atoms with Crippen LogP contribution in [0.2, 0.25) is 0 Å². The molecule has 0 amide bonds. The van der Waals surface area contributed by atoms with E-state index in [1.165, 1.54) is 28.1 Å². The number of aromatic nitrogens is 2. The van der Waals surface area contributed by atoms with Crippen LogP contribution in [0.3, 0.4) is 0 Å². The summed E-state index contributed by atoms with van der Waals surface area (Å²) in [7, 11) is 0. The van der Waals surface area contributed by atoms with Crippen LogP contribution in [0.15, 0.2) is 30.6 Å². The fraction of sp³-hybridized carbons (Fsp3) is 0.292. The maximum absolute atomic E-state index is 13.9. The topological polar surface area (TPSA) is 75.1 Å². The number of aliphatic carboxylic acids is 1. The molecule has 0 spiro atoms. The van der Waals surface area contributed by atoms with Crippen molar-refractivity contribution >= 4 is 44.5 Å². The lowest BCUT2D eigenvalue weighted by Crippen LogP contribution is -2.07. The molecule has 0 bridgehead atoms. The fourth-order valence-corrected chi connectivity index (χ4v) is 6.25. The van der Waals surface area contributed by atoms with Crippen molar-refractivity contribution in [2.24, 2.45) is 0 Å². The van der Waals surface area contributed by atoms with Crippen molar-refractivity contribution in [3.63, 3.8) is 0 Å². The first-order valence-electron chi connectivity index (χ1n) is 10.4. The number of nitrogens with zero attached hydrogens (tertiary/aromatic N) is 2. The Balaban J connectivity index is 1.50. The first-order valence-corrected chi connectivity index (χ1v) is 12.1. The highest BCUT2D eigenvalue weighted by molar-refractivity contribution is 7.19. The normalized spacial score (nSPS) is 11.2. The predicted molar refractivity (Wildman–Crippen MR) is 130 cm³/mol. The number of rotatable bonds is 8. The van der Waals surface area contributed by atoms with Crippen LogP contribution in [0, 0.1) is 19.7 Å².